The van der Waals surface area contributed by atoms with Crippen LogP contribution in [0.25, 0.3) is 0 Å². The number of carboxylic acid groups (broad SMARTS) is 1. The molecule has 5 N–H and O–H groups in total. The maximum Gasteiger partial charge on any atom is 0.320 e. The first-order chi connectivity index (χ1) is 5.49. The molecule has 70 valence electrons. The van der Waals surface area contributed by atoms with Gasteiger partial charge in [0, 0.05) is 6.42 Å². The fourth-order valence-electron chi connectivity index (χ4n) is 0.591. The summed E-state index contributed by atoms with van der Waals surface area (Å²) >= 11 is 0. The van der Waals surface area contributed by atoms with Crippen molar-refractivity contribution in [1.29, 1.82) is 0 Å². The summed E-state index contributed by atoms with van der Waals surface area (Å²) in [6.45, 7) is 0. The summed E-state index contributed by atoms with van der Waals surface area (Å²) in [6, 6.07) is -1.27. The fourth-order valence-corrected chi connectivity index (χ4v) is 0.591. The molecule has 0 heterocycles. The number of carbonyl (C=O) groups is 2. The first-order valence-corrected chi connectivity index (χ1v) is 3.29. The molecule has 0 saturated heterocycles. The lowest BCUT2D eigenvalue weighted by atomic mass is 10.1. The van der Waals surface area contributed by atoms with E-state index in [9.17, 15) is 9.59 Å². The molecule has 0 aliphatic carbocycles. The molecular formula is C6H11NO5. The van der Waals surface area contributed by atoms with Crippen molar-refractivity contribution in [3.8, 4) is 0 Å². The zero-order chi connectivity index (χ0) is 9.72. The van der Waals surface area contributed by atoms with Crippen LogP contribution in [0, 0.1) is 0 Å². The van der Waals surface area contributed by atoms with Crippen LogP contribution >= 0.6 is 0 Å². The van der Waals surface area contributed by atoms with Crippen LogP contribution in [0.1, 0.15) is 6.42 Å². The zero-order valence-corrected chi connectivity index (χ0v) is 6.25. The van der Waals surface area contributed by atoms with Crippen molar-refractivity contribution in [2.45, 2.75) is 24.7 Å². The first-order valence-electron chi connectivity index (χ1n) is 3.29. The smallest absolute Gasteiger partial charge is 0.320 e. The molecule has 12 heavy (non-hydrogen) atoms. The number of aliphatic carboxylic acids is 1. The summed E-state index contributed by atoms with van der Waals surface area (Å²) in [7, 11) is 0. The highest BCUT2D eigenvalue weighted by Crippen LogP contribution is 2.00. The number of aliphatic hydroxyl groups is 2. The van der Waals surface area contributed by atoms with Gasteiger partial charge in [-0.05, 0) is 0 Å². The predicted octanol–water partition coefficient (Wildman–Crippen LogP) is -2.29. The molecule has 0 radical (unpaired) electrons. The monoisotopic (exact) mass is 177 g/mol. The maximum atomic E-state index is 10.1. The number of hydrogen-bond acceptors (Lipinski definition) is 5. The van der Waals surface area contributed by atoms with Crippen LogP contribution in [0.15, 0.2) is 0 Å². The van der Waals surface area contributed by atoms with Crippen molar-refractivity contribution in [3.63, 3.8) is 0 Å². The van der Waals surface area contributed by atoms with Gasteiger partial charge in [0.1, 0.15) is 12.1 Å². The molecule has 0 fully saturated rings. The van der Waals surface area contributed by atoms with E-state index in [4.69, 9.17) is 21.1 Å². The second-order valence-corrected chi connectivity index (χ2v) is 2.37. The second-order valence-electron chi connectivity index (χ2n) is 2.37. The molecule has 0 rings (SSSR count). The molecule has 0 aliphatic rings. The van der Waals surface area contributed by atoms with E-state index in [1.54, 1.807) is 0 Å². The average Bonchev–Trinajstić information content (AvgIpc) is 2.02. The Hall–Kier alpha value is -0.980. The number of carboxylic acids is 1. The minimum atomic E-state index is -1.57. The third-order valence-electron chi connectivity index (χ3n) is 1.35. The Labute approximate surface area is 68.6 Å². The Morgan fingerprint density at radius 2 is 2.00 bits per heavy atom. The summed E-state index contributed by atoms with van der Waals surface area (Å²) in [5, 5.41) is 25.9. The Morgan fingerprint density at radius 1 is 1.50 bits per heavy atom. The summed E-state index contributed by atoms with van der Waals surface area (Å²) in [5.74, 6) is -1.29. The summed E-state index contributed by atoms with van der Waals surface area (Å²) in [6.07, 6.45) is -3.22. The molecule has 0 saturated carbocycles. The van der Waals surface area contributed by atoms with Gasteiger partial charge in [0.15, 0.2) is 6.29 Å². The summed E-state index contributed by atoms with van der Waals surface area (Å²) < 4.78 is 0. The van der Waals surface area contributed by atoms with Gasteiger partial charge in [-0.25, -0.2) is 0 Å². The van der Waals surface area contributed by atoms with Gasteiger partial charge >= 0.3 is 5.97 Å². The molecule has 0 aromatic heterocycles. The minimum Gasteiger partial charge on any atom is -0.480 e. The van der Waals surface area contributed by atoms with E-state index >= 15 is 0 Å². The van der Waals surface area contributed by atoms with Crippen LogP contribution in [0.5, 0.6) is 0 Å². The fraction of sp³-hybridized carbons (Fsp3) is 0.667. The lowest BCUT2D eigenvalue weighted by molar-refractivity contribution is -0.140. The minimum absolute atomic E-state index is 0.124. The first kappa shape index (κ1) is 11.0. The number of rotatable bonds is 5. The SMILES string of the molecule is NC(CC(O)C(O)C=O)C(=O)O. The van der Waals surface area contributed by atoms with Gasteiger partial charge in [-0.3, -0.25) is 4.79 Å². The standard InChI is InChI=1S/C6H11NO5/c7-3(6(11)12)1-4(9)5(10)2-8/h2-5,9-10H,1,7H2,(H,11,12). The molecule has 6 heteroatoms. The Morgan fingerprint density at radius 3 is 2.33 bits per heavy atom. The van der Waals surface area contributed by atoms with Crippen molar-refractivity contribution in [3.05, 3.63) is 0 Å². The van der Waals surface area contributed by atoms with Crippen LogP contribution in [0.3, 0.4) is 0 Å². The number of aliphatic hydroxyl groups excluding tert-OH is 2. The van der Waals surface area contributed by atoms with Crippen molar-refractivity contribution in [2.24, 2.45) is 5.73 Å². The van der Waals surface area contributed by atoms with E-state index in [-0.39, 0.29) is 12.7 Å². The third-order valence-corrected chi connectivity index (χ3v) is 1.35. The van der Waals surface area contributed by atoms with Gasteiger partial charge in [0.05, 0.1) is 6.10 Å². The molecule has 0 aromatic carbocycles. The predicted molar refractivity (Wildman–Crippen MR) is 38.3 cm³/mol. The van der Waals surface area contributed by atoms with Crippen molar-refractivity contribution < 1.29 is 24.9 Å². The van der Waals surface area contributed by atoms with Gasteiger partial charge in [-0.1, -0.05) is 0 Å². The van der Waals surface area contributed by atoms with Crippen LogP contribution in [-0.4, -0.2) is 45.8 Å². The number of nitrogens with two attached hydrogens (primary N) is 1. The number of carbonyl (C=O) groups excluding carboxylic acids is 1. The number of aldehydes is 1. The highest BCUT2D eigenvalue weighted by atomic mass is 16.4. The zero-order valence-electron chi connectivity index (χ0n) is 6.25. The largest absolute Gasteiger partial charge is 0.480 e. The molecule has 6 nitrogen and oxygen atoms in total. The van der Waals surface area contributed by atoms with Gasteiger partial charge in [0.2, 0.25) is 0 Å². The van der Waals surface area contributed by atoms with Gasteiger partial charge in [-0.15, -0.1) is 0 Å². The Kier molecular flexibility index (Phi) is 4.42. The molecule has 3 unspecified atom stereocenters. The quantitative estimate of drug-likeness (QED) is 0.351. The molecule has 0 aromatic rings. The topological polar surface area (TPSA) is 121 Å². The second kappa shape index (κ2) is 4.81. The van der Waals surface area contributed by atoms with Crippen LogP contribution < -0.4 is 5.73 Å². The van der Waals surface area contributed by atoms with E-state index in [0.29, 0.717) is 0 Å². The highest BCUT2D eigenvalue weighted by molar-refractivity contribution is 5.73. The van der Waals surface area contributed by atoms with Gasteiger partial charge in [-0.2, -0.15) is 0 Å². The summed E-state index contributed by atoms with van der Waals surface area (Å²) in [4.78, 5) is 20.0. The molecule has 0 aliphatic heterocycles. The molecular weight excluding hydrogens is 166 g/mol. The van der Waals surface area contributed by atoms with Crippen molar-refractivity contribution in [1.82, 2.24) is 0 Å². The molecule has 3 atom stereocenters. The number of hydrogen-bond donors (Lipinski definition) is 4. The van der Waals surface area contributed by atoms with Crippen molar-refractivity contribution in [2.75, 3.05) is 0 Å². The highest BCUT2D eigenvalue weighted by Gasteiger charge is 2.22. The lowest BCUT2D eigenvalue weighted by Crippen LogP contribution is -2.38. The van der Waals surface area contributed by atoms with Crippen molar-refractivity contribution >= 4 is 12.3 Å². The lowest BCUT2D eigenvalue weighted by Gasteiger charge is -2.14. The summed E-state index contributed by atoms with van der Waals surface area (Å²) in [5.41, 5.74) is 5.02. The van der Waals surface area contributed by atoms with Crippen LogP contribution in [0.2, 0.25) is 0 Å². The molecule has 0 spiro atoms. The normalized spacial score (nSPS) is 17.9. The Balaban J connectivity index is 3.90. The Bertz CT molecular complexity index is 171. The van der Waals surface area contributed by atoms with Crippen LogP contribution in [-0.2, 0) is 9.59 Å². The van der Waals surface area contributed by atoms with E-state index in [2.05, 4.69) is 0 Å². The van der Waals surface area contributed by atoms with E-state index < -0.39 is 24.2 Å². The molecule has 0 bridgehead atoms. The van der Waals surface area contributed by atoms with E-state index in [0.717, 1.165) is 0 Å². The van der Waals surface area contributed by atoms with E-state index in [1.807, 2.05) is 0 Å². The van der Waals surface area contributed by atoms with Gasteiger partial charge in [0.25, 0.3) is 0 Å². The average molecular weight is 177 g/mol. The maximum absolute atomic E-state index is 10.1. The molecule has 0 amide bonds. The van der Waals surface area contributed by atoms with Gasteiger partial charge < -0.3 is 25.8 Å². The van der Waals surface area contributed by atoms with E-state index in [1.165, 1.54) is 0 Å². The van der Waals surface area contributed by atoms with Crippen LogP contribution in [0.4, 0.5) is 0 Å². The third kappa shape index (κ3) is 3.42.